The summed E-state index contributed by atoms with van der Waals surface area (Å²) in [6.07, 6.45) is 3.16. The van der Waals surface area contributed by atoms with Gasteiger partial charge in [-0.25, -0.2) is 0 Å². The molecule has 3 heteroatoms. The van der Waals surface area contributed by atoms with Crippen LogP contribution in [0.4, 0.5) is 0 Å². The zero-order valence-electron chi connectivity index (χ0n) is 8.03. The van der Waals surface area contributed by atoms with E-state index < -0.39 is 0 Å². The predicted molar refractivity (Wildman–Crippen MR) is 54.5 cm³/mol. The van der Waals surface area contributed by atoms with Gasteiger partial charge in [-0.05, 0) is 55.0 Å². The molecule has 1 unspecified atom stereocenters. The summed E-state index contributed by atoms with van der Waals surface area (Å²) in [7, 11) is 0. The number of aromatic hydroxyl groups is 2. The fourth-order valence-electron chi connectivity index (χ4n) is 2.17. The van der Waals surface area contributed by atoms with Gasteiger partial charge in [-0.15, -0.1) is 0 Å². The van der Waals surface area contributed by atoms with E-state index in [2.05, 4.69) is 0 Å². The van der Waals surface area contributed by atoms with Crippen molar-refractivity contribution in [3.05, 3.63) is 23.3 Å². The third-order valence-corrected chi connectivity index (χ3v) is 2.96. The lowest BCUT2D eigenvalue weighted by Crippen LogP contribution is -2.18. The maximum absolute atomic E-state index is 9.40. The van der Waals surface area contributed by atoms with Crippen LogP contribution < -0.4 is 5.73 Å². The molecule has 0 heterocycles. The number of phenols is 2. The monoisotopic (exact) mass is 193 g/mol. The Morgan fingerprint density at radius 3 is 2.71 bits per heavy atom. The van der Waals surface area contributed by atoms with Crippen LogP contribution in [0.15, 0.2) is 12.1 Å². The average molecular weight is 193 g/mol. The first-order chi connectivity index (χ1) is 6.72. The highest BCUT2D eigenvalue weighted by atomic mass is 16.3. The molecule has 3 nitrogen and oxygen atoms in total. The maximum Gasteiger partial charge on any atom is 0.157 e. The molecule has 0 aromatic heterocycles. The van der Waals surface area contributed by atoms with Gasteiger partial charge < -0.3 is 15.9 Å². The minimum absolute atomic E-state index is 0.0265. The van der Waals surface area contributed by atoms with E-state index in [9.17, 15) is 10.2 Å². The first-order valence-electron chi connectivity index (χ1n) is 4.97. The Morgan fingerprint density at radius 1 is 1.29 bits per heavy atom. The standard InChI is InChI=1S/C11H15NO2/c12-6-8-3-1-2-7-4-10(13)11(14)5-9(7)8/h4-5,8,13-14H,1-3,6,12H2. The SMILES string of the molecule is NCC1CCCc2cc(O)c(O)cc21. The molecule has 1 atom stereocenters. The lowest BCUT2D eigenvalue weighted by Gasteiger charge is -2.24. The minimum Gasteiger partial charge on any atom is -0.504 e. The minimum atomic E-state index is -0.0379. The fourth-order valence-corrected chi connectivity index (χ4v) is 2.17. The van der Waals surface area contributed by atoms with Crippen molar-refractivity contribution in [1.29, 1.82) is 0 Å². The molecule has 0 amide bonds. The summed E-state index contributed by atoms with van der Waals surface area (Å²) in [4.78, 5) is 0. The molecular formula is C11H15NO2. The van der Waals surface area contributed by atoms with Crippen molar-refractivity contribution in [3.63, 3.8) is 0 Å². The Kier molecular flexibility index (Phi) is 2.33. The van der Waals surface area contributed by atoms with Gasteiger partial charge in [0.05, 0.1) is 0 Å². The van der Waals surface area contributed by atoms with Gasteiger partial charge in [-0.1, -0.05) is 0 Å². The summed E-state index contributed by atoms with van der Waals surface area (Å²) in [6.45, 7) is 0.608. The molecular weight excluding hydrogens is 178 g/mol. The highest BCUT2D eigenvalue weighted by Crippen LogP contribution is 2.37. The number of nitrogens with two attached hydrogens (primary N) is 1. The molecule has 0 bridgehead atoms. The van der Waals surface area contributed by atoms with Crippen LogP contribution in [-0.4, -0.2) is 16.8 Å². The van der Waals surface area contributed by atoms with Crippen molar-refractivity contribution < 1.29 is 10.2 Å². The van der Waals surface area contributed by atoms with E-state index in [1.165, 1.54) is 0 Å². The van der Waals surface area contributed by atoms with Gasteiger partial charge >= 0.3 is 0 Å². The van der Waals surface area contributed by atoms with Crippen LogP contribution in [0.1, 0.15) is 29.9 Å². The first-order valence-corrected chi connectivity index (χ1v) is 4.97. The molecule has 2 rings (SSSR count). The molecule has 76 valence electrons. The van der Waals surface area contributed by atoms with Crippen LogP contribution in [0.2, 0.25) is 0 Å². The predicted octanol–water partition coefficient (Wildman–Crippen LogP) is 1.48. The smallest absolute Gasteiger partial charge is 0.157 e. The van der Waals surface area contributed by atoms with Gasteiger partial charge in [0.1, 0.15) is 0 Å². The first kappa shape index (κ1) is 9.34. The summed E-state index contributed by atoms with van der Waals surface area (Å²) in [6, 6.07) is 3.31. The van der Waals surface area contributed by atoms with E-state index in [-0.39, 0.29) is 11.5 Å². The summed E-state index contributed by atoms with van der Waals surface area (Å²) >= 11 is 0. The molecule has 0 spiro atoms. The Labute approximate surface area is 83.2 Å². The zero-order chi connectivity index (χ0) is 10.1. The summed E-state index contributed by atoms with van der Waals surface area (Å²) in [5.41, 5.74) is 7.89. The second kappa shape index (κ2) is 3.50. The van der Waals surface area contributed by atoms with Crippen molar-refractivity contribution in [3.8, 4) is 11.5 Å². The van der Waals surface area contributed by atoms with E-state index in [1.54, 1.807) is 12.1 Å². The quantitative estimate of drug-likeness (QED) is 0.592. The van der Waals surface area contributed by atoms with Gasteiger partial charge in [-0.3, -0.25) is 0 Å². The molecule has 0 saturated heterocycles. The van der Waals surface area contributed by atoms with Crippen LogP contribution in [0, 0.1) is 0 Å². The number of aryl methyl sites for hydroxylation is 1. The number of hydrogen-bond acceptors (Lipinski definition) is 3. The molecule has 0 radical (unpaired) electrons. The van der Waals surface area contributed by atoms with E-state index in [1.807, 2.05) is 0 Å². The molecule has 1 aliphatic carbocycles. The van der Waals surface area contributed by atoms with Gasteiger partial charge in [0.15, 0.2) is 11.5 Å². The summed E-state index contributed by atoms with van der Waals surface area (Å²) in [5.74, 6) is 0.274. The largest absolute Gasteiger partial charge is 0.504 e. The van der Waals surface area contributed by atoms with Crippen molar-refractivity contribution in [2.45, 2.75) is 25.2 Å². The number of phenolic OH excluding ortho intramolecular Hbond substituents is 2. The number of benzene rings is 1. The Bertz CT molecular complexity index is 349. The van der Waals surface area contributed by atoms with E-state index in [0.717, 1.165) is 30.4 Å². The average Bonchev–Trinajstić information content (AvgIpc) is 2.19. The van der Waals surface area contributed by atoms with Crippen LogP contribution in [-0.2, 0) is 6.42 Å². The van der Waals surface area contributed by atoms with E-state index in [0.29, 0.717) is 12.5 Å². The topological polar surface area (TPSA) is 66.5 Å². The van der Waals surface area contributed by atoms with Gasteiger partial charge in [0.25, 0.3) is 0 Å². The summed E-state index contributed by atoms with van der Waals surface area (Å²) in [5, 5.41) is 18.8. The summed E-state index contributed by atoms with van der Waals surface area (Å²) < 4.78 is 0. The van der Waals surface area contributed by atoms with Crippen LogP contribution in [0.25, 0.3) is 0 Å². The molecule has 0 fully saturated rings. The molecule has 0 aliphatic heterocycles. The molecule has 1 aromatic rings. The highest BCUT2D eigenvalue weighted by molar-refractivity contribution is 5.47. The van der Waals surface area contributed by atoms with Gasteiger partial charge in [0.2, 0.25) is 0 Å². The third-order valence-electron chi connectivity index (χ3n) is 2.96. The molecule has 14 heavy (non-hydrogen) atoms. The zero-order valence-corrected chi connectivity index (χ0v) is 8.03. The third kappa shape index (κ3) is 1.44. The van der Waals surface area contributed by atoms with Crippen molar-refractivity contribution >= 4 is 0 Å². The number of fused-ring (bicyclic) bond motifs is 1. The van der Waals surface area contributed by atoms with Crippen LogP contribution >= 0.6 is 0 Å². The molecule has 0 saturated carbocycles. The lowest BCUT2D eigenvalue weighted by atomic mass is 9.82. The highest BCUT2D eigenvalue weighted by Gasteiger charge is 2.20. The van der Waals surface area contributed by atoms with E-state index >= 15 is 0 Å². The van der Waals surface area contributed by atoms with Crippen molar-refractivity contribution in [1.82, 2.24) is 0 Å². The Hall–Kier alpha value is -1.22. The lowest BCUT2D eigenvalue weighted by molar-refractivity contribution is 0.400. The van der Waals surface area contributed by atoms with E-state index in [4.69, 9.17) is 5.73 Å². The van der Waals surface area contributed by atoms with Crippen LogP contribution in [0.3, 0.4) is 0 Å². The molecule has 1 aliphatic rings. The fraction of sp³-hybridized carbons (Fsp3) is 0.455. The normalized spacial score (nSPS) is 20.5. The Balaban J connectivity index is 2.47. The van der Waals surface area contributed by atoms with Crippen molar-refractivity contribution in [2.24, 2.45) is 5.73 Å². The molecule has 4 N–H and O–H groups in total. The van der Waals surface area contributed by atoms with Gasteiger partial charge in [-0.2, -0.15) is 0 Å². The van der Waals surface area contributed by atoms with Gasteiger partial charge in [0, 0.05) is 0 Å². The Morgan fingerprint density at radius 2 is 2.00 bits per heavy atom. The number of hydrogen-bond donors (Lipinski definition) is 3. The van der Waals surface area contributed by atoms with Crippen molar-refractivity contribution in [2.75, 3.05) is 6.54 Å². The second-order valence-corrected chi connectivity index (χ2v) is 3.86. The second-order valence-electron chi connectivity index (χ2n) is 3.86. The maximum atomic E-state index is 9.40. The molecule has 1 aromatic carbocycles. The van der Waals surface area contributed by atoms with Crippen LogP contribution in [0.5, 0.6) is 11.5 Å². The number of rotatable bonds is 1.